The SMILES string of the molecule is CC(Cc1ccc2c(F)coc2c1)NC1COC1. The van der Waals surface area contributed by atoms with Gasteiger partial charge < -0.3 is 14.5 Å². The van der Waals surface area contributed by atoms with Gasteiger partial charge in [0.15, 0.2) is 5.82 Å². The molecule has 0 aliphatic carbocycles. The first-order valence-corrected chi connectivity index (χ1v) is 6.22. The van der Waals surface area contributed by atoms with Gasteiger partial charge in [-0.15, -0.1) is 0 Å². The lowest BCUT2D eigenvalue weighted by atomic mass is 10.0. The fourth-order valence-electron chi connectivity index (χ4n) is 2.31. The molecule has 1 aliphatic heterocycles. The van der Waals surface area contributed by atoms with Crippen LogP contribution in [0, 0.1) is 5.82 Å². The Kier molecular flexibility index (Phi) is 3.06. The summed E-state index contributed by atoms with van der Waals surface area (Å²) in [5.74, 6) is -0.297. The van der Waals surface area contributed by atoms with Gasteiger partial charge in [-0.25, -0.2) is 4.39 Å². The second-order valence-corrected chi connectivity index (χ2v) is 4.92. The van der Waals surface area contributed by atoms with E-state index in [0.717, 1.165) is 31.5 Å². The first-order valence-electron chi connectivity index (χ1n) is 6.22. The van der Waals surface area contributed by atoms with Crippen LogP contribution >= 0.6 is 0 Å². The van der Waals surface area contributed by atoms with Crippen molar-refractivity contribution in [2.24, 2.45) is 0 Å². The number of rotatable bonds is 4. The fraction of sp³-hybridized carbons (Fsp3) is 0.429. The first kappa shape index (κ1) is 11.7. The van der Waals surface area contributed by atoms with Crippen LogP contribution in [0.15, 0.2) is 28.9 Å². The monoisotopic (exact) mass is 249 g/mol. The van der Waals surface area contributed by atoms with Crippen molar-refractivity contribution in [1.29, 1.82) is 0 Å². The van der Waals surface area contributed by atoms with Crippen LogP contribution in [-0.2, 0) is 11.2 Å². The van der Waals surface area contributed by atoms with E-state index in [1.165, 1.54) is 0 Å². The number of nitrogens with one attached hydrogen (secondary N) is 1. The third kappa shape index (κ3) is 2.26. The zero-order valence-corrected chi connectivity index (χ0v) is 10.3. The fourth-order valence-corrected chi connectivity index (χ4v) is 2.31. The molecule has 1 aromatic carbocycles. The van der Waals surface area contributed by atoms with Crippen LogP contribution in [-0.4, -0.2) is 25.3 Å². The number of furan rings is 1. The molecule has 4 heteroatoms. The highest BCUT2D eigenvalue weighted by atomic mass is 19.1. The summed E-state index contributed by atoms with van der Waals surface area (Å²) in [5.41, 5.74) is 1.77. The van der Waals surface area contributed by atoms with Crippen molar-refractivity contribution in [3.8, 4) is 0 Å². The standard InChI is InChI=1S/C14H16FNO2/c1-9(16-11-6-17-7-11)4-10-2-3-12-13(15)8-18-14(12)5-10/h2-3,5,8-9,11,16H,4,6-7H2,1H3. The summed E-state index contributed by atoms with van der Waals surface area (Å²) in [7, 11) is 0. The van der Waals surface area contributed by atoms with Crippen molar-refractivity contribution in [2.45, 2.75) is 25.4 Å². The largest absolute Gasteiger partial charge is 0.461 e. The molecule has 1 N–H and O–H groups in total. The maximum Gasteiger partial charge on any atom is 0.169 e. The van der Waals surface area contributed by atoms with E-state index in [1.807, 2.05) is 12.1 Å². The molecule has 1 aromatic heterocycles. The highest BCUT2D eigenvalue weighted by Crippen LogP contribution is 2.21. The van der Waals surface area contributed by atoms with Crippen molar-refractivity contribution in [3.63, 3.8) is 0 Å². The zero-order valence-electron chi connectivity index (χ0n) is 10.3. The van der Waals surface area contributed by atoms with E-state index >= 15 is 0 Å². The Labute approximate surface area is 105 Å². The Morgan fingerprint density at radius 1 is 1.44 bits per heavy atom. The average molecular weight is 249 g/mol. The lowest BCUT2D eigenvalue weighted by molar-refractivity contribution is -0.00908. The summed E-state index contributed by atoms with van der Waals surface area (Å²) in [6.45, 7) is 3.74. The topological polar surface area (TPSA) is 34.4 Å². The normalized spacial score (nSPS) is 17.9. The maximum atomic E-state index is 13.2. The number of hydrogen-bond donors (Lipinski definition) is 1. The minimum absolute atomic E-state index is 0.297. The van der Waals surface area contributed by atoms with Gasteiger partial charge in [0.25, 0.3) is 0 Å². The zero-order chi connectivity index (χ0) is 12.5. The number of ether oxygens (including phenoxy) is 1. The Balaban J connectivity index is 1.69. The Bertz CT molecular complexity index is 548. The lowest BCUT2D eigenvalue weighted by Gasteiger charge is -2.30. The number of hydrogen-bond acceptors (Lipinski definition) is 3. The summed E-state index contributed by atoms with van der Waals surface area (Å²) >= 11 is 0. The second-order valence-electron chi connectivity index (χ2n) is 4.92. The van der Waals surface area contributed by atoms with Crippen molar-refractivity contribution in [2.75, 3.05) is 13.2 Å². The molecule has 3 nitrogen and oxygen atoms in total. The van der Waals surface area contributed by atoms with Gasteiger partial charge in [-0.2, -0.15) is 0 Å². The smallest absolute Gasteiger partial charge is 0.169 e. The van der Waals surface area contributed by atoms with Crippen LogP contribution in [0.4, 0.5) is 4.39 Å². The lowest BCUT2D eigenvalue weighted by Crippen LogP contribution is -2.50. The highest BCUT2D eigenvalue weighted by molar-refractivity contribution is 5.78. The van der Waals surface area contributed by atoms with Gasteiger partial charge in [0.2, 0.25) is 0 Å². The quantitative estimate of drug-likeness (QED) is 0.904. The van der Waals surface area contributed by atoms with Gasteiger partial charge in [0.05, 0.1) is 24.6 Å². The summed E-state index contributed by atoms with van der Waals surface area (Å²) < 4.78 is 23.5. The Morgan fingerprint density at radius 3 is 3.00 bits per heavy atom. The molecule has 1 fully saturated rings. The molecule has 2 aromatic rings. The second kappa shape index (κ2) is 4.71. The molecular weight excluding hydrogens is 233 g/mol. The number of fused-ring (bicyclic) bond motifs is 1. The Hall–Kier alpha value is -1.39. The van der Waals surface area contributed by atoms with E-state index in [2.05, 4.69) is 12.2 Å². The molecule has 0 bridgehead atoms. The molecule has 2 heterocycles. The van der Waals surface area contributed by atoms with E-state index < -0.39 is 0 Å². The molecule has 1 aliphatic rings. The summed E-state index contributed by atoms with van der Waals surface area (Å²) in [6, 6.07) is 6.49. The minimum Gasteiger partial charge on any atom is -0.461 e. The molecule has 96 valence electrons. The van der Waals surface area contributed by atoms with E-state index in [-0.39, 0.29) is 5.82 Å². The number of benzene rings is 1. The summed E-state index contributed by atoms with van der Waals surface area (Å²) in [4.78, 5) is 0. The van der Waals surface area contributed by atoms with Crippen LogP contribution in [0.3, 0.4) is 0 Å². The van der Waals surface area contributed by atoms with Gasteiger partial charge in [0.1, 0.15) is 11.8 Å². The van der Waals surface area contributed by atoms with Gasteiger partial charge in [-0.3, -0.25) is 0 Å². The van der Waals surface area contributed by atoms with Crippen LogP contribution in [0.2, 0.25) is 0 Å². The van der Waals surface area contributed by atoms with Crippen molar-refractivity contribution >= 4 is 11.0 Å². The average Bonchev–Trinajstić information content (AvgIpc) is 2.66. The molecule has 1 saturated heterocycles. The minimum atomic E-state index is -0.297. The van der Waals surface area contributed by atoms with Crippen molar-refractivity contribution < 1.29 is 13.5 Å². The molecule has 0 saturated carbocycles. The third-order valence-electron chi connectivity index (χ3n) is 3.29. The van der Waals surface area contributed by atoms with E-state index in [0.29, 0.717) is 23.1 Å². The maximum absolute atomic E-state index is 13.2. The van der Waals surface area contributed by atoms with Gasteiger partial charge in [0, 0.05) is 6.04 Å². The predicted octanol–water partition coefficient (Wildman–Crippen LogP) is 2.49. The van der Waals surface area contributed by atoms with E-state index in [1.54, 1.807) is 6.07 Å². The van der Waals surface area contributed by atoms with E-state index in [9.17, 15) is 4.39 Å². The molecule has 0 amide bonds. The molecule has 1 unspecified atom stereocenters. The predicted molar refractivity (Wildman–Crippen MR) is 67.1 cm³/mol. The molecule has 0 spiro atoms. The molecule has 0 radical (unpaired) electrons. The van der Waals surface area contributed by atoms with Crippen LogP contribution in [0.5, 0.6) is 0 Å². The molecule has 18 heavy (non-hydrogen) atoms. The van der Waals surface area contributed by atoms with Crippen LogP contribution in [0.25, 0.3) is 11.0 Å². The Morgan fingerprint density at radius 2 is 2.28 bits per heavy atom. The van der Waals surface area contributed by atoms with Gasteiger partial charge in [-0.05, 0) is 31.0 Å². The van der Waals surface area contributed by atoms with Gasteiger partial charge in [-0.1, -0.05) is 6.07 Å². The van der Waals surface area contributed by atoms with Crippen molar-refractivity contribution in [3.05, 3.63) is 35.8 Å². The molecular formula is C14H16FNO2. The first-order chi connectivity index (χ1) is 8.72. The third-order valence-corrected chi connectivity index (χ3v) is 3.29. The van der Waals surface area contributed by atoms with Crippen LogP contribution < -0.4 is 5.32 Å². The van der Waals surface area contributed by atoms with E-state index in [4.69, 9.17) is 9.15 Å². The van der Waals surface area contributed by atoms with Crippen LogP contribution in [0.1, 0.15) is 12.5 Å². The van der Waals surface area contributed by atoms with Gasteiger partial charge >= 0.3 is 0 Å². The summed E-state index contributed by atoms with van der Waals surface area (Å²) in [5, 5.41) is 4.04. The number of halogens is 1. The summed E-state index contributed by atoms with van der Waals surface area (Å²) in [6.07, 6.45) is 2.05. The molecule has 1 atom stereocenters. The highest BCUT2D eigenvalue weighted by Gasteiger charge is 2.20. The van der Waals surface area contributed by atoms with Crippen molar-refractivity contribution in [1.82, 2.24) is 5.32 Å². The molecule has 3 rings (SSSR count).